The van der Waals surface area contributed by atoms with E-state index in [1.165, 1.54) is 38.9 Å². The maximum absolute atomic E-state index is 3.55. The Bertz CT molecular complexity index is 137. The number of rotatable bonds is 3. The van der Waals surface area contributed by atoms with Crippen LogP contribution in [0.25, 0.3) is 0 Å². The van der Waals surface area contributed by atoms with E-state index in [0.717, 1.165) is 19.6 Å². The normalized spacial score (nSPS) is 30.9. The Kier molecular flexibility index (Phi) is 3.58. The highest BCUT2D eigenvalue weighted by molar-refractivity contribution is 4.77. The van der Waals surface area contributed by atoms with Crippen LogP contribution in [0.2, 0.25) is 0 Å². The molecule has 0 bridgehead atoms. The first-order valence-electron chi connectivity index (χ1n) is 5.61. The average Bonchev–Trinajstić information content (AvgIpc) is 2.69. The maximum atomic E-state index is 3.55. The number of likely N-dealkylation sites (tertiary alicyclic amines) is 1. The monoisotopic (exact) mass is 183 g/mol. The topological polar surface area (TPSA) is 27.3 Å². The molecular formula is C10H21N3. The minimum atomic E-state index is 0.717. The van der Waals surface area contributed by atoms with E-state index >= 15 is 0 Å². The number of hydrogen-bond acceptors (Lipinski definition) is 3. The van der Waals surface area contributed by atoms with E-state index in [-0.39, 0.29) is 0 Å². The Morgan fingerprint density at radius 3 is 2.69 bits per heavy atom. The summed E-state index contributed by atoms with van der Waals surface area (Å²) in [5, 5.41) is 6.98. The second-order valence-corrected chi connectivity index (χ2v) is 4.19. The molecular weight excluding hydrogens is 162 g/mol. The SMILES string of the molecule is C1CCN(CCC2CNCCN2)C1. The van der Waals surface area contributed by atoms with Gasteiger partial charge in [-0.1, -0.05) is 0 Å². The molecule has 2 aliphatic heterocycles. The highest BCUT2D eigenvalue weighted by Crippen LogP contribution is 2.08. The summed E-state index contributed by atoms with van der Waals surface area (Å²) in [6.07, 6.45) is 4.14. The second kappa shape index (κ2) is 4.94. The zero-order valence-electron chi connectivity index (χ0n) is 8.39. The molecule has 0 aromatic rings. The van der Waals surface area contributed by atoms with Crippen molar-refractivity contribution in [3.63, 3.8) is 0 Å². The summed E-state index contributed by atoms with van der Waals surface area (Å²) < 4.78 is 0. The van der Waals surface area contributed by atoms with Gasteiger partial charge in [0, 0.05) is 25.7 Å². The van der Waals surface area contributed by atoms with Gasteiger partial charge in [0.05, 0.1) is 0 Å². The Labute approximate surface area is 80.9 Å². The first-order valence-corrected chi connectivity index (χ1v) is 5.61. The molecule has 3 nitrogen and oxygen atoms in total. The number of piperazine rings is 1. The number of nitrogens with zero attached hydrogens (tertiary/aromatic N) is 1. The van der Waals surface area contributed by atoms with E-state index in [1.807, 2.05) is 0 Å². The van der Waals surface area contributed by atoms with E-state index in [2.05, 4.69) is 15.5 Å². The van der Waals surface area contributed by atoms with Gasteiger partial charge in [0.2, 0.25) is 0 Å². The van der Waals surface area contributed by atoms with Gasteiger partial charge >= 0.3 is 0 Å². The second-order valence-electron chi connectivity index (χ2n) is 4.19. The molecule has 0 saturated carbocycles. The highest BCUT2D eigenvalue weighted by atomic mass is 15.1. The van der Waals surface area contributed by atoms with Crippen LogP contribution >= 0.6 is 0 Å². The van der Waals surface area contributed by atoms with Gasteiger partial charge in [-0.15, -0.1) is 0 Å². The van der Waals surface area contributed by atoms with Crippen molar-refractivity contribution in [2.75, 3.05) is 39.3 Å². The number of nitrogens with one attached hydrogen (secondary N) is 2. The summed E-state index contributed by atoms with van der Waals surface area (Å²) in [6, 6.07) is 0.717. The third-order valence-electron chi connectivity index (χ3n) is 3.12. The highest BCUT2D eigenvalue weighted by Gasteiger charge is 2.15. The van der Waals surface area contributed by atoms with Crippen LogP contribution in [-0.4, -0.2) is 50.2 Å². The fourth-order valence-electron chi connectivity index (χ4n) is 2.26. The lowest BCUT2D eigenvalue weighted by atomic mass is 10.1. The molecule has 0 radical (unpaired) electrons. The Morgan fingerprint density at radius 2 is 2.00 bits per heavy atom. The molecule has 0 aromatic heterocycles. The van der Waals surface area contributed by atoms with Crippen molar-refractivity contribution >= 4 is 0 Å². The van der Waals surface area contributed by atoms with Crippen LogP contribution in [0.1, 0.15) is 19.3 Å². The average molecular weight is 183 g/mol. The van der Waals surface area contributed by atoms with Gasteiger partial charge < -0.3 is 15.5 Å². The van der Waals surface area contributed by atoms with Crippen molar-refractivity contribution in [3.05, 3.63) is 0 Å². The molecule has 0 amide bonds. The first kappa shape index (κ1) is 9.44. The van der Waals surface area contributed by atoms with Crippen LogP contribution < -0.4 is 10.6 Å². The van der Waals surface area contributed by atoms with Gasteiger partial charge in [0.1, 0.15) is 0 Å². The molecule has 1 unspecified atom stereocenters. The quantitative estimate of drug-likeness (QED) is 0.646. The van der Waals surface area contributed by atoms with Crippen molar-refractivity contribution in [1.29, 1.82) is 0 Å². The summed E-state index contributed by atoms with van der Waals surface area (Å²) >= 11 is 0. The molecule has 2 fully saturated rings. The summed E-state index contributed by atoms with van der Waals surface area (Å²) in [5.41, 5.74) is 0. The molecule has 0 aliphatic carbocycles. The minimum Gasteiger partial charge on any atom is -0.314 e. The van der Waals surface area contributed by atoms with Gasteiger partial charge in [-0.25, -0.2) is 0 Å². The molecule has 76 valence electrons. The molecule has 3 heteroatoms. The number of hydrogen-bond donors (Lipinski definition) is 2. The largest absolute Gasteiger partial charge is 0.314 e. The molecule has 13 heavy (non-hydrogen) atoms. The van der Waals surface area contributed by atoms with Crippen molar-refractivity contribution in [2.24, 2.45) is 0 Å². The van der Waals surface area contributed by atoms with Gasteiger partial charge in [-0.3, -0.25) is 0 Å². The van der Waals surface area contributed by atoms with Crippen LogP contribution in [0.3, 0.4) is 0 Å². The molecule has 2 rings (SSSR count). The summed E-state index contributed by atoms with van der Waals surface area (Å²) in [7, 11) is 0. The zero-order valence-corrected chi connectivity index (χ0v) is 8.39. The molecule has 2 saturated heterocycles. The Morgan fingerprint density at radius 1 is 1.15 bits per heavy atom. The summed E-state index contributed by atoms with van der Waals surface area (Å²) in [4.78, 5) is 2.59. The fraction of sp³-hybridized carbons (Fsp3) is 1.00. The van der Waals surface area contributed by atoms with Crippen LogP contribution in [0.15, 0.2) is 0 Å². The zero-order chi connectivity index (χ0) is 8.93. The smallest absolute Gasteiger partial charge is 0.0205 e. The first-order chi connectivity index (χ1) is 6.45. The predicted octanol–water partition coefficient (Wildman–Crippen LogP) is 0.0337. The van der Waals surface area contributed by atoms with E-state index < -0.39 is 0 Å². The van der Waals surface area contributed by atoms with Gasteiger partial charge in [-0.2, -0.15) is 0 Å². The van der Waals surface area contributed by atoms with Crippen molar-refractivity contribution < 1.29 is 0 Å². The minimum absolute atomic E-state index is 0.717. The molecule has 0 spiro atoms. The van der Waals surface area contributed by atoms with E-state index in [1.54, 1.807) is 0 Å². The molecule has 0 aromatic carbocycles. The summed E-state index contributed by atoms with van der Waals surface area (Å²) in [6.45, 7) is 7.40. The molecule has 2 N–H and O–H groups in total. The van der Waals surface area contributed by atoms with Gasteiger partial charge in [0.15, 0.2) is 0 Å². The van der Waals surface area contributed by atoms with Crippen molar-refractivity contribution in [3.8, 4) is 0 Å². The van der Waals surface area contributed by atoms with E-state index in [9.17, 15) is 0 Å². The van der Waals surface area contributed by atoms with Crippen molar-refractivity contribution in [1.82, 2.24) is 15.5 Å². The van der Waals surface area contributed by atoms with Crippen LogP contribution in [-0.2, 0) is 0 Å². The maximum Gasteiger partial charge on any atom is 0.0205 e. The Balaban J connectivity index is 1.60. The van der Waals surface area contributed by atoms with Gasteiger partial charge in [0.25, 0.3) is 0 Å². The lowest BCUT2D eigenvalue weighted by Crippen LogP contribution is -2.49. The lowest BCUT2D eigenvalue weighted by molar-refractivity contribution is 0.295. The lowest BCUT2D eigenvalue weighted by Gasteiger charge is -2.26. The standard InChI is InChI=1S/C10H21N3/c1-2-7-13(6-1)8-3-10-9-11-4-5-12-10/h10-12H,1-9H2. The third kappa shape index (κ3) is 2.93. The van der Waals surface area contributed by atoms with Crippen LogP contribution in [0.4, 0.5) is 0 Å². The van der Waals surface area contributed by atoms with E-state index in [0.29, 0.717) is 6.04 Å². The Hall–Kier alpha value is -0.120. The van der Waals surface area contributed by atoms with Crippen LogP contribution in [0.5, 0.6) is 0 Å². The fourth-order valence-corrected chi connectivity index (χ4v) is 2.26. The molecule has 1 atom stereocenters. The predicted molar refractivity (Wildman–Crippen MR) is 55.0 cm³/mol. The molecule has 2 aliphatic rings. The van der Waals surface area contributed by atoms with E-state index in [4.69, 9.17) is 0 Å². The van der Waals surface area contributed by atoms with Crippen molar-refractivity contribution in [2.45, 2.75) is 25.3 Å². The van der Waals surface area contributed by atoms with Gasteiger partial charge in [-0.05, 0) is 38.9 Å². The van der Waals surface area contributed by atoms with Crippen LogP contribution in [0, 0.1) is 0 Å². The summed E-state index contributed by atoms with van der Waals surface area (Å²) in [5.74, 6) is 0. The third-order valence-corrected chi connectivity index (χ3v) is 3.12. The molecule has 2 heterocycles.